The molecule has 0 fully saturated rings. The van der Waals surface area contributed by atoms with Crippen LogP contribution in [0.5, 0.6) is 0 Å². The maximum Gasteiger partial charge on any atom is -0.0380 e. The van der Waals surface area contributed by atoms with E-state index in [0.717, 1.165) is 17.1 Å². The van der Waals surface area contributed by atoms with Crippen molar-refractivity contribution in [3.8, 4) is 16.8 Å². The van der Waals surface area contributed by atoms with Crippen LogP contribution in [-0.2, 0) is 0 Å². The number of rotatable bonds is 5. The third-order valence-corrected chi connectivity index (χ3v) is 14.0. The van der Waals surface area contributed by atoms with Crippen LogP contribution >= 0.6 is 11.3 Å². The smallest absolute Gasteiger partial charge is 0.0380 e. The number of anilines is 3. The fourth-order valence-electron chi connectivity index (χ4n) is 8.00. The van der Waals surface area contributed by atoms with Crippen molar-refractivity contribution in [2.45, 2.75) is 0 Å². The number of benzene rings is 8. The van der Waals surface area contributed by atoms with Crippen LogP contribution in [-0.4, -0.2) is 19.1 Å². The maximum atomic E-state index is 2.45. The predicted molar refractivity (Wildman–Crippen MR) is 226 cm³/mol. The molecule has 0 atom stereocenters. The number of fused-ring (bicyclic) bond motifs is 9. The summed E-state index contributed by atoms with van der Waals surface area (Å²) < 4.78 is 7.95. The van der Waals surface area contributed by atoms with Gasteiger partial charge in [-0.3, -0.25) is 0 Å². The van der Waals surface area contributed by atoms with Gasteiger partial charge >= 0.3 is 217 Å². The summed E-state index contributed by atoms with van der Waals surface area (Å²) in [5.74, 6) is 0. The van der Waals surface area contributed by atoms with E-state index in [-0.39, 0.29) is 0 Å². The van der Waals surface area contributed by atoms with Crippen LogP contribution in [0.3, 0.4) is 0 Å². The molecule has 0 aliphatic carbocycles. The van der Waals surface area contributed by atoms with Crippen molar-refractivity contribution in [1.29, 1.82) is 0 Å². The second-order valence-electron chi connectivity index (χ2n) is 13.3. The number of nitrogens with zero attached hydrogens (tertiary/aromatic N) is 2. The van der Waals surface area contributed by atoms with Crippen LogP contribution in [0.1, 0.15) is 0 Å². The molecule has 0 amide bonds. The van der Waals surface area contributed by atoms with Crippen LogP contribution in [0.25, 0.3) is 78.1 Å². The van der Waals surface area contributed by atoms with E-state index in [1.165, 1.54) is 78.1 Å². The first kappa shape index (κ1) is 29.8. The Kier molecular flexibility index (Phi) is 6.78. The Morgan fingerprint density at radius 1 is 0.423 bits per heavy atom. The van der Waals surface area contributed by atoms with Gasteiger partial charge in [0, 0.05) is 11.1 Å². The first-order valence-corrected chi connectivity index (χ1v) is 20.1. The molecule has 4 heteroatoms. The molecular weight excluding hydrogens is 716 g/mol. The summed E-state index contributed by atoms with van der Waals surface area (Å²) in [4.78, 5) is 2.45. The summed E-state index contributed by atoms with van der Waals surface area (Å²) in [6, 6.07) is 67.1. The van der Waals surface area contributed by atoms with Crippen LogP contribution < -0.4 is 4.90 Å². The molecule has 0 saturated carbocycles. The van der Waals surface area contributed by atoms with E-state index in [0.29, 0.717) is 14.5 Å². The second kappa shape index (κ2) is 11.8. The molecule has 0 saturated heterocycles. The molecule has 3 heterocycles. The van der Waals surface area contributed by atoms with Gasteiger partial charge in [-0.1, -0.05) is 54.6 Å². The summed E-state index contributed by atoms with van der Waals surface area (Å²) >= 11 is 2.21. The second-order valence-corrected chi connectivity index (χ2v) is 16.7. The number of thiophene rings is 1. The zero-order chi connectivity index (χ0) is 34.2. The fourth-order valence-corrected chi connectivity index (χ4v) is 11.6. The van der Waals surface area contributed by atoms with E-state index in [4.69, 9.17) is 0 Å². The number of aromatic nitrogens is 1. The number of hydrogen-bond acceptors (Lipinski definition) is 2. The van der Waals surface area contributed by atoms with Gasteiger partial charge in [0.05, 0.1) is 5.52 Å². The molecule has 0 bridgehead atoms. The quantitative estimate of drug-likeness (QED) is 0.159. The molecule has 0 radical (unpaired) electrons. The van der Waals surface area contributed by atoms with Gasteiger partial charge in [0.2, 0.25) is 0 Å². The third-order valence-electron chi connectivity index (χ3n) is 10.4. The van der Waals surface area contributed by atoms with Gasteiger partial charge < -0.3 is 0 Å². The molecule has 0 unspecified atom stereocenters. The van der Waals surface area contributed by atoms with E-state index in [1.54, 1.807) is 0 Å². The molecule has 244 valence electrons. The van der Waals surface area contributed by atoms with E-state index in [2.05, 4.69) is 191 Å². The number of hydrogen-bond donors (Lipinski definition) is 0. The SMILES string of the molecule is c1ccc(-n2c3ccccc3c3ccc(N(c4ccc(-c5ccc6c(c5)[se]c5ccccc56)cc4)c4cccc5c4sc4ccccc45)cc32)cc1. The van der Waals surface area contributed by atoms with Crippen molar-refractivity contribution in [3.63, 3.8) is 0 Å². The van der Waals surface area contributed by atoms with Crippen molar-refractivity contribution in [2.75, 3.05) is 4.90 Å². The Hall–Kier alpha value is -5.90. The summed E-state index contributed by atoms with van der Waals surface area (Å²) in [5.41, 5.74) is 9.51. The fraction of sp³-hybridized carbons (Fsp3) is 0. The Balaban J connectivity index is 1.11. The minimum atomic E-state index is 0.336. The van der Waals surface area contributed by atoms with Gasteiger partial charge in [-0.15, -0.1) is 0 Å². The maximum absolute atomic E-state index is 2.45. The number of para-hydroxylation sites is 2. The van der Waals surface area contributed by atoms with Crippen LogP contribution in [0.15, 0.2) is 182 Å². The van der Waals surface area contributed by atoms with E-state index in [1.807, 2.05) is 11.3 Å². The standard InChI is InChI=1S/C48H30N2SSe/c1-2-11-33(12-3-1)50-42-17-7-4-13-36(42)37-28-26-35(30-44(37)50)49(43-18-10-16-41-38-14-5-8-19-45(38)51-48(41)43)34-24-21-31(22-25-34)32-23-27-40-39-15-6-9-20-46(39)52-47(40)29-32/h1-30H. The third kappa shape index (κ3) is 4.62. The first-order valence-electron chi connectivity index (χ1n) is 17.6. The Labute approximate surface area is 310 Å². The van der Waals surface area contributed by atoms with Gasteiger partial charge in [-0.05, 0) is 24.3 Å². The van der Waals surface area contributed by atoms with Gasteiger partial charge in [0.15, 0.2) is 0 Å². The molecule has 8 aromatic carbocycles. The topological polar surface area (TPSA) is 8.17 Å². The summed E-state index contributed by atoms with van der Waals surface area (Å²) in [5, 5.41) is 7.89. The normalized spacial score (nSPS) is 11.8. The molecule has 2 nitrogen and oxygen atoms in total. The van der Waals surface area contributed by atoms with Crippen LogP contribution in [0.2, 0.25) is 0 Å². The summed E-state index contributed by atoms with van der Waals surface area (Å²) in [6.45, 7) is 0. The molecule has 11 rings (SSSR count). The molecule has 3 aromatic heterocycles. The Morgan fingerprint density at radius 2 is 1.08 bits per heavy atom. The molecule has 0 spiro atoms. The Bertz CT molecular complexity index is 3130. The first-order chi connectivity index (χ1) is 25.8. The van der Waals surface area contributed by atoms with E-state index < -0.39 is 0 Å². The zero-order valence-corrected chi connectivity index (χ0v) is 30.6. The van der Waals surface area contributed by atoms with E-state index in [9.17, 15) is 0 Å². The summed E-state index contributed by atoms with van der Waals surface area (Å²) in [7, 11) is 0. The van der Waals surface area contributed by atoms with Crippen molar-refractivity contribution in [1.82, 2.24) is 4.57 Å². The zero-order valence-electron chi connectivity index (χ0n) is 28.0. The van der Waals surface area contributed by atoms with Crippen LogP contribution in [0.4, 0.5) is 17.1 Å². The molecule has 0 aliphatic heterocycles. The predicted octanol–water partition coefficient (Wildman–Crippen LogP) is 13.7. The Morgan fingerprint density at radius 3 is 1.96 bits per heavy atom. The van der Waals surface area contributed by atoms with Crippen molar-refractivity contribution < 1.29 is 0 Å². The van der Waals surface area contributed by atoms with Crippen molar-refractivity contribution in [2.24, 2.45) is 0 Å². The average molecular weight is 746 g/mol. The van der Waals surface area contributed by atoms with E-state index >= 15 is 0 Å². The summed E-state index contributed by atoms with van der Waals surface area (Å²) in [6.07, 6.45) is 0. The van der Waals surface area contributed by atoms with Gasteiger partial charge in [0.1, 0.15) is 0 Å². The largest absolute Gasteiger partial charge is 0.0602 e. The van der Waals surface area contributed by atoms with Gasteiger partial charge in [-0.25, -0.2) is 0 Å². The average Bonchev–Trinajstić information content (AvgIpc) is 3.88. The van der Waals surface area contributed by atoms with Gasteiger partial charge in [-0.2, -0.15) is 0 Å². The molecule has 52 heavy (non-hydrogen) atoms. The minimum absolute atomic E-state index is 0.336. The van der Waals surface area contributed by atoms with Crippen LogP contribution in [0, 0.1) is 0 Å². The minimum Gasteiger partial charge on any atom is -0.0602 e. The van der Waals surface area contributed by atoms with Gasteiger partial charge in [0.25, 0.3) is 0 Å². The molecule has 11 aromatic rings. The van der Waals surface area contributed by atoms with Crippen molar-refractivity contribution >= 4 is 104 Å². The molecule has 0 N–H and O–H groups in total. The molecular formula is C48H30N2SSe. The van der Waals surface area contributed by atoms with Crippen molar-refractivity contribution in [3.05, 3.63) is 182 Å². The molecule has 0 aliphatic rings. The monoisotopic (exact) mass is 746 g/mol.